The number of carboxylic acid groups (broad SMARTS) is 1. The summed E-state index contributed by atoms with van der Waals surface area (Å²) in [5, 5.41) is 9.12. The first kappa shape index (κ1) is 12.9. The van der Waals surface area contributed by atoms with E-state index in [-0.39, 0.29) is 5.41 Å². The molecule has 17 heavy (non-hydrogen) atoms. The standard InChI is InChI=1S/C14H25NO2/c1-13(2)9-15(10-13)11-14(8-12(16)17)6-4-3-5-7-14/h3-11H2,1-2H3,(H,16,17). The molecule has 0 radical (unpaired) electrons. The lowest BCUT2D eigenvalue weighted by Gasteiger charge is -2.51. The lowest BCUT2D eigenvalue weighted by atomic mass is 9.70. The van der Waals surface area contributed by atoms with Crippen LogP contribution in [0.25, 0.3) is 0 Å². The van der Waals surface area contributed by atoms with Gasteiger partial charge >= 0.3 is 5.97 Å². The quantitative estimate of drug-likeness (QED) is 0.820. The van der Waals surface area contributed by atoms with Gasteiger partial charge in [0.15, 0.2) is 0 Å². The second-order valence-electron chi connectivity index (χ2n) is 6.94. The third-order valence-corrected chi connectivity index (χ3v) is 4.30. The number of hydrogen-bond acceptors (Lipinski definition) is 2. The lowest BCUT2D eigenvalue weighted by Crippen LogP contribution is -2.56. The first-order chi connectivity index (χ1) is 7.91. The molecular weight excluding hydrogens is 214 g/mol. The molecule has 0 atom stereocenters. The molecule has 1 saturated carbocycles. The van der Waals surface area contributed by atoms with Crippen LogP contribution in [0.2, 0.25) is 0 Å². The Morgan fingerprint density at radius 3 is 2.24 bits per heavy atom. The topological polar surface area (TPSA) is 40.5 Å². The molecule has 0 bridgehead atoms. The molecular formula is C14H25NO2. The van der Waals surface area contributed by atoms with Crippen LogP contribution in [0.5, 0.6) is 0 Å². The van der Waals surface area contributed by atoms with Gasteiger partial charge in [-0.25, -0.2) is 0 Å². The van der Waals surface area contributed by atoms with Gasteiger partial charge in [-0.2, -0.15) is 0 Å². The van der Waals surface area contributed by atoms with Gasteiger partial charge in [0, 0.05) is 19.6 Å². The monoisotopic (exact) mass is 239 g/mol. The maximum atomic E-state index is 11.1. The van der Waals surface area contributed by atoms with Crippen LogP contribution in [0.15, 0.2) is 0 Å². The summed E-state index contributed by atoms with van der Waals surface area (Å²) in [4.78, 5) is 13.5. The van der Waals surface area contributed by atoms with Crippen molar-refractivity contribution in [1.29, 1.82) is 0 Å². The molecule has 0 aromatic heterocycles. The molecule has 1 aliphatic heterocycles. The summed E-state index contributed by atoms with van der Waals surface area (Å²) in [5.74, 6) is -0.619. The minimum absolute atomic E-state index is 0.0700. The molecule has 2 aliphatic rings. The van der Waals surface area contributed by atoms with Crippen molar-refractivity contribution >= 4 is 5.97 Å². The predicted octanol–water partition coefficient (Wildman–Crippen LogP) is 2.75. The van der Waals surface area contributed by atoms with Crippen molar-refractivity contribution in [1.82, 2.24) is 4.90 Å². The van der Waals surface area contributed by atoms with E-state index in [1.54, 1.807) is 0 Å². The Balaban J connectivity index is 1.94. The molecule has 1 saturated heterocycles. The molecule has 1 heterocycles. The molecule has 1 aliphatic carbocycles. The van der Waals surface area contributed by atoms with Crippen LogP contribution in [0.3, 0.4) is 0 Å². The van der Waals surface area contributed by atoms with Crippen LogP contribution in [-0.2, 0) is 4.79 Å². The predicted molar refractivity (Wildman–Crippen MR) is 68.0 cm³/mol. The average Bonchev–Trinajstić information content (AvgIpc) is 2.14. The van der Waals surface area contributed by atoms with Crippen molar-refractivity contribution in [2.24, 2.45) is 10.8 Å². The fraction of sp³-hybridized carbons (Fsp3) is 0.929. The zero-order chi connectivity index (χ0) is 12.5. The van der Waals surface area contributed by atoms with Gasteiger partial charge in [0.25, 0.3) is 0 Å². The summed E-state index contributed by atoms with van der Waals surface area (Å²) >= 11 is 0. The molecule has 0 unspecified atom stereocenters. The first-order valence-electron chi connectivity index (χ1n) is 6.85. The Morgan fingerprint density at radius 2 is 1.76 bits per heavy atom. The third-order valence-electron chi connectivity index (χ3n) is 4.30. The van der Waals surface area contributed by atoms with Gasteiger partial charge < -0.3 is 10.0 Å². The zero-order valence-electron chi connectivity index (χ0n) is 11.2. The minimum Gasteiger partial charge on any atom is -0.481 e. The van der Waals surface area contributed by atoms with Crippen LogP contribution in [-0.4, -0.2) is 35.6 Å². The van der Waals surface area contributed by atoms with E-state index in [2.05, 4.69) is 18.7 Å². The molecule has 98 valence electrons. The largest absolute Gasteiger partial charge is 0.481 e. The smallest absolute Gasteiger partial charge is 0.303 e. The van der Waals surface area contributed by atoms with Crippen LogP contribution < -0.4 is 0 Å². The normalized spacial score (nSPS) is 27.4. The highest BCUT2D eigenvalue weighted by molar-refractivity contribution is 5.67. The molecule has 0 aromatic carbocycles. The Kier molecular flexibility index (Phi) is 3.48. The van der Waals surface area contributed by atoms with E-state index in [1.165, 1.54) is 19.3 Å². The summed E-state index contributed by atoms with van der Waals surface area (Å²) in [6.45, 7) is 7.84. The SMILES string of the molecule is CC1(C)CN(CC2(CC(=O)O)CCCCC2)C1. The van der Waals surface area contributed by atoms with Crippen LogP contribution in [0.4, 0.5) is 0 Å². The number of hydrogen-bond donors (Lipinski definition) is 1. The summed E-state index contributed by atoms with van der Waals surface area (Å²) in [6.07, 6.45) is 6.29. The van der Waals surface area contributed by atoms with Crippen LogP contribution in [0.1, 0.15) is 52.4 Å². The lowest BCUT2D eigenvalue weighted by molar-refractivity contribution is -0.141. The Morgan fingerprint density at radius 1 is 1.18 bits per heavy atom. The van der Waals surface area contributed by atoms with E-state index in [1.807, 2.05) is 0 Å². The highest BCUT2D eigenvalue weighted by atomic mass is 16.4. The molecule has 2 fully saturated rings. The van der Waals surface area contributed by atoms with Gasteiger partial charge in [-0.15, -0.1) is 0 Å². The molecule has 3 heteroatoms. The van der Waals surface area contributed by atoms with E-state index in [0.717, 1.165) is 32.5 Å². The van der Waals surface area contributed by atoms with E-state index in [0.29, 0.717) is 11.8 Å². The minimum atomic E-state index is -0.619. The molecule has 0 aromatic rings. The van der Waals surface area contributed by atoms with E-state index < -0.39 is 5.97 Å². The van der Waals surface area contributed by atoms with Gasteiger partial charge in [0.05, 0.1) is 6.42 Å². The van der Waals surface area contributed by atoms with Crippen molar-refractivity contribution in [3.05, 3.63) is 0 Å². The number of rotatable bonds is 4. The summed E-state index contributed by atoms with van der Waals surface area (Å²) in [6, 6.07) is 0. The Bertz CT molecular complexity index is 285. The van der Waals surface area contributed by atoms with E-state index in [9.17, 15) is 4.79 Å². The van der Waals surface area contributed by atoms with Gasteiger partial charge in [0.2, 0.25) is 0 Å². The molecule has 2 rings (SSSR count). The maximum Gasteiger partial charge on any atom is 0.303 e. The molecule has 3 nitrogen and oxygen atoms in total. The first-order valence-corrected chi connectivity index (χ1v) is 6.85. The number of aliphatic carboxylic acids is 1. The van der Waals surface area contributed by atoms with Gasteiger partial charge in [-0.3, -0.25) is 4.79 Å². The number of carboxylic acids is 1. The third kappa shape index (κ3) is 3.21. The molecule has 1 N–H and O–H groups in total. The highest BCUT2D eigenvalue weighted by Crippen LogP contribution is 2.42. The second-order valence-corrected chi connectivity index (χ2v) is 6.94. The van der Waals surface area contributed by atoms with E-state index >= 15 is 0 Å². The Labute approximate surface area is 104 Å². The number of nitrogens with zero attached hydrogens (tertiary/aromatic N) is 1. The van der Waals surface area contributed by atoms with Gasteiger partial charge in [0.1, 0.15) is 0 Å². The van der Waals surface area contributed by atoms with Gasteiger partial charge in [-0.1, -0.05) is 33.1 Å². The average molecular weight is 239 g/mol. The Hall–Kier alpha value is -0.570. The van der Waals surface area contributed by atoms with Crippen molar-refractivity contribution in [2.75, 3.05) is 19.6 Å². The van der Waals surface area contributed by atoms with Crippen molar-refractivity contribution in [3.8, 4) is 0 Å². The fourth-order valence-corrected chi connectivity index (χ4v) is 3.76. The van der Waals surface area contributed by atoms with Crippen molar-refractivity contribution < 1.29 is 9.90 Å². The molecule has 0 amide bonds. The van der Waals surface area contributed by atoms with Crippen LogP contribution >= 0.6 is 0 Å². The van der Waals surface area contributed by atoms with Crippen molar-refractivity contribution in [2.45, 2.75) is 52.4 Å². The highest BCUT2D eigenvalue weighted by Gasteiger charge is 2.41. The van der Waals surface area contributed by atoms with Crippen LogP contribution in [0, 0.1) is 10.8 Å². The number of carbonyl (C=O) groups is 1. The van der Waals surface area contributed by atoms with Crippen molar-refractivity contribution in [3.63, 3.8) is 0 Å². The van der Waals surface area contributed by atoms with E-state index in [4.69, 9.17) is 5.11 Å². The maximum absolute atomic E-state index is 11.1. The number of likely N-dealkylation sites (tertiary alicyclic amines) is 1. The fourth-order valence-electron chi connectivity index (χ4n) is 3.76. The molecule has 0 spiro atoms. The second kappa shape index (κ2) is 4.60. The van der Waals surface area contributed by atoms with Gasteiger partial charge in [-0.05, 0) is 23.7 Å². The summed E-state index contributed by atoms with van der Waals surface area (Å²) in [5.41, 5.74) is 0.514. The summed E-state index contributed by atoms with van der Waals surface area (Å²) < 4.78 is 0. The zero-order valence-corrected chi connectivity index (χ0v) is 11.2. The summed E-state index contributed by atoms with van der Waals surface area (Å²) in [7, 11) is 0.